The number of fused-ring (bicyclic) bond motifs is 1. The van der Waals surface area contributed by atoms with E-state index >= 15 is 0 Å². The Hall–Kier alpha value is -2.48. The number of nitrogens with zero attached hydrogens (tertiary/aromatic N) is 5. The van der Waals surface area contributed by atoms with Gasteiger partial charge >= 0.3 is 0 Å². The van der Waals surface area contributed by atoms with Crippen LogP contribution in [0.15, 0.2) is 23.7 Å². The van der Waals surface area contributed by atoms with Crippen molar-refractivity contribution >= 4 is 34.1 Å². The van der Waals surface area contributed by atoms with Gasteiger partial charge in [0.25, 0.3) is 5.91 Å². The number of rotatable bonds is 4. The van der Waals surface area contributed by atoms with E-state index in [2.05, 4.69) is 25.3 Å². The highest BCUT2D eigenvalue weighted by molar-refractivity contribution is 7.09. The lowest BCUT2D eigenvalue weighted by Crippen LogP contribution is -2.32. The standard InChI is InChI=1S/C17H20N6OS/c1-22-15-13(11-19-22)16(23-7-3-2-4-8-23)21-14(20-15)17(24)18-10-12-6-5-9-25-12/h5-6,9,11H,2-4,7-8,10H2,1H3,(H,18,24). The molecular formula is C17H20N6OS. The number of aryl methyl sites for hydroxylation is 1. The second-order valence-electron chi connectivity index (χ2n) is 6.19. The van der Waals surface area contributed by atoms with Gasteiger partial charge in [-0.25, -0.2) is 9.97 Å². The number of anilines is 1. The Balaban J connectivity index is 1.66. The fraction of sp³-hybridized carbons (Fsp3) is 0.412. The zero-order valence-electron chi connectivity index (χ0n) is 14.1. The van der Waals surface area contributed by atoms with Crippen LogP contribution < -0.4 is 10.2 Å². The minimum atomic E-state index is -0.255. The van der Waals surface area contributed by atoms with Crippen molar-refractivity contribution in [3.63, 3.8) is 0 Å². The second kappa shape index (κ2) is 6.79. The molecule has 1 N–H and O–H groups in total. The van der Waals surface area contributed by atoms with Crippen LogP contribution in [0.3, 0.4) is 0 Å². The Morgan fingerprint density at radius 2 is 2.12 bits per heavy atom. The van der Waals surface area contributed by atoms with Gasteiger partial charge in [-0.3, -0.25) is 9.48 Å². The molecule has 3 aromatic rings. The summed E-state index contributed by atoms with van der Waals surface area (Å²) >= 11 is 1.61. The molecule has 1 amide bonds. The number of amides is 1. The molecule has 0 aliphatic carbocycles. The molecule has 0 spiro atoms. The predicted octanol–water partition coefficient (Wildman–Crippen LogP) is 2.35. The summed E-state index contributed by atoms with van der Waals surface area (Å²) in [5, 5.41) is 10.1. The summed E-state index contributed by atoms with van der Waals surface area (Å²) in [5.41, 5.74) is 0.692. The quantitative estimate of drug-likeness (QED) is 0.776. The Labute approximate surface area is 149 Å². The fourth-order valence-electron chi connectivity index (χ4n) is 3.12. The molecule has 4 rings (SSSR count). The Morgan fingerprint density at radius 3 is 2.88 bits per heavy atom. The predicted molar refractivity (Wildman–Crippen MR) is 97.9 cm³/mol. The Kier molecular flexibility index (Phi) is 4.35. The van der Waals surface area contributed by atoms with Crippen LogP contribution in [0.2, 0.25) is 0 Å². The first-order valence-electron chi connectivity index (χ1n) is 8.47. The molecule has 0 aromatic carbocycles. The molecule has 8 heteroatoms. The molecule has 7 nitrogen and oxygen atoms in total. The molecule has 0 unspecified atom stereocenters. The Morgan fingerprint density at radius 1 is 1.28 bits per heavy atom. The van der Waals surface area contributed by atoms with Crippen molar-refractivity contribution in [2.24, 2.45) is 7.05 Å². The van der Waals surface area contributed by atoms with Crippen molar-refractivity contribution in [2.75, 3.05) is 18.0 Å². The zero-order chi connectivity index (χ0) is 17.2. The van der Waals surface area contributed by atoms with Crippen molar-refractivity contribution in [3.8, 4) is 0 Å². The van der Waals surface area contributed by atoms with E-state index in [1.165, 1.54) is 6.42 Å². The van der Waals surface area contributed by atoms with E-state index in [-0.39, 0.29) is 11.7 Å². The Bertz CT molecular complexity index is 882. The van der Waals surface area contributed by atoms with Gasteiger partial charge in [0, 0.05) is 25.0 Å². The van der Waals surface area contributed by atoms with Crippen LogP contribution in [0.4, 0.5) is 5.82 Å². The van der Waals surface area contributed by atoms with E-state index in [0.29, 0.717) is 12.2 Å². The second-order valence-corrected chi connectivity index (χ2v) is 7.22. The number of piperidine rings is 1. The van der Waals surface area contributed by atoms with Crippen LogP contribution in [0, 0.1) is 0 Å². The van der Waals surface area contributed by atoms with E-state index in [9.17, 15) is 4.79 Å². The van der Waals surface area contributed by atoms with Crippen molar-refractivity contribution in [2.45, 2.75) is 25.8 Å². The van der Waals surface area contributed by atoms with Gasteiger partial charge in [-0.15, -0.1) is 11.3 Å². The summed E-state index contributed by atoms with van der Waals surface area (Å²) in [6.07, 6.45) is 5.32. The van der Waals surface area contributed by atoms with Gasteiger partial charge in [-0.1, -0.05) is 6.07 Å². The highest BCUT2D eigenvalue weighted by atomic mass is 32.1. The van der Waals surface area contributed by atoms with Crippen molar-refractivity contribution in [3.05, 3.63) is 34.4 Å². The van der Waals surface area contributed by atoms with Crippen LogP contribution in [-0.4, -0.2) is 38.7 Å². The summed E-state index contributed by atoms with van der Waals surface area (Å²) in [4.78, 5) is 25.0. The van der Waals surface area contributed by atoms with E-state index in [0.717, 1.165) is 42.0 Å². The van der Waals surface area contributed by atoms with Crippen LogP contribution in [0.25, 0.3) is 11.0 Å². The summed E-state index contributed by atoms with van der Waals surface area (Å²) in [6.45, 7) is 2.40. The van der Waals surface area contributed by atoms with E-state index in [4.69, 9.17) is 0 Å². The largest absolute Gasteiger partial charge is 0.356 e. The molecule has 1 saturated heterocycles. The van der Waals surface area contributed by atoms with E-state index in [1.807, 2.05) is 24.6 Å². The van der Waals surface area contributed by atoms with Crippen molar-refractivity contribution in [1.29, 1.82) is 0 Å². The zero-order valence-corrected chi connectivity index (χ0v) is 14.9. The molecule has 0 bridgehead atoms. The number of hydrogen-bond acceptors (Lipinski definition) is 6. The molecule has 1 fully saturated rings. The molecule has 3 aromatic heterocycles. The molecular weight excluding hydrogens is 336 g/mol. The minimum Gasteiger partial charge on any atom is -0.356 e. The van der Waals surface area contributed by atoms with Gasteiger partial charge in [0.1, 0.15) is 5.82 Å². The van der Waals surface area contributed by atoms with Gasteiger partial charge in [0.15, 0.2) is 5.65 Å². The third kappa shape index (κ3) is 3.21. The fourth-order valence-corrected chi connectivity index (χ4v) is 3.76. The maximum atomic E-state index is 12.6. The monoisotopic (exact) mass is 356 g/mol. The van der Waals surface area contributed by atoms with Crippen LogP contribution in [0.5, 0.6) is 0 Å². The number of carbonyl (C=O) groups excluding carboxylic acids is 1. The molecule has 1 aliphatic rings. The van der Waals surface area contributed by atoms with E-state index < -0.39 is 0 Å². The third-order valence-corrected chi connectivity index (χ3v) is 5.31. The maximum absolute atomic E-state index is 12.6. The average Bonchev–Trinajstić information content (AvgIpc) is 3.30. The minimum absolute atomic E-state index is 0.202. The van der Waals surface area contributed by atoms with Gasteiger partial charge in [-0.2, -0.15) is 5.10 Å². The number of thiophene rings is 1. The summed E-state index contributed by atoms with van der Waals surface area (Å²) in [7, 11) is 1.84. The number of hydrogen-bond donors (Lipinski definition) is 1. The van der Waals surface area contributed by atoms with Crippen molar-refractivity contribution < 1.29 is 4.79 Å². The topological polar surface area (TPSA) is 75.9 Å². The normalized spacial score (nSPS) is 14.8. The molecule has 0 saturated carbocycles. The molecule has 1 aliphatic heterocycles. The van der Waals surface area contributed by atoms with Crippen LogP contribution in [0.1, 0.15) is 34.8 Å². The summed E-state index contributed by atoms with van der Waals surface area (Å²) in [5.74, 6) is 0.766. The number of nitrogens with one attached hydrogen (secondary N) is 1. The molecule has 130 valence electrons. The lowest BCUT2D eigenvalue weighted by Gasteiger charge is -2.28. The number of aromatic nitrogens is 4. The summed E-state index contributed by atoms with van der Waals surface area (Å²) in [6, 6.07) is 3.97. The highest BCUT2D eigenvalue weighted by Crippen LogP contribution is 2.26. The first-order valence-corrected chi connectivity index (χ1v) is 9.35. The summed E-state index contributed by atoms with van der Waals surface area (Å²) < 4.78 is 1.69. The van der Waals surface area contributed by atoms with Gasteiger partial charge < -0.3 is 10.2 Å². The van der Waals surface area contributed by atoms with Crippen LogP contribution in [-0.2, 0) is 13.6 Å². The van der Waals surface area contributed by atoms with Crippen molar-refractivity contribution in [1.82, 2.24) is 25.1 Å². The highest BCUT2D eigenvalue weighted by Gasteiger charge is 2.21. The molecule has 4 heterocycles. The first-order chi connectivity index (χ1) is 12.2. The smallest absolute Gasteiger partial charge is 0.289 e. The number of carbonyl (C=O) groups is 1. The first kappa shape index (κ1) is 16.0. The van der Waals surface area contributed by atoms with Gasteiger partial charge in [0.05, 0.1) is 18.1 Å². The lowest BCUT2D eigenvalue weighted by atomic mass is 10.1. The van der Waals surface area contributed by atoms with E-state index in [1.54, 1.807) is 22.2 Å². The third-order valence-electron chi connectivity index (χ3n) is 4.43. The lowest BCUT2D eigenvalue weighted by molar-refractivity contribution is 0.0941. The van der Waals surface area contributed by atoms with Gasteiger partial charge in [0.2, 0.25) is 5.82 Å². The SMILES string of the molecule is Cn1ncc2c(N3CCCCC3)nc(C(=O)NCc3cccs3)nc21. The molecule has 0 atom stereocenters. The maximum Gasteiger partial charge on any atom is 0.289 e. The molecule has 0 radical (unpaired) electrons. The van der Waals surface area contributed by atoms with Crippen LogP contribution >= 0.6 is 11.3 Å². The van der Waals surface area contributed by atoms with Gasteiger partial charge in [-0.05, 0) is 30.7 Å². The molecule has 25 heavy (non-hydrogen) atoms. The average molecular weight is 356 g/mol.